The van der Waals surface area contributed by atoms with Gasteiger partial charge in [-0.3, -0.25) is 5.41 Å². The summed E-state index contributed by atoms with van der Waals surface area (Å²) in [5, 5.41) is 7.04. The summed E-state index contributed by atoms with van der Waals surface area (Å²) in [5.41, 5.74) is 6.56. The van der Waals surface area contributed by atoms with Crippen molar-refractivity contribution in [3.05, 3.63) is 35.9 Å². The van der Waals surface area contributed by atoms with E-state index in [9.17, 15) is 0 Å². The van der Waals surface area contributed by atoms with E-state index in [-0.39, 0.29) is 5.84 Å². The van der Waals surface area contributed by atoms with Crippen molar-refractivity contribution in [3.63, 3.8) is 0 Å². The molecular weight excluding hydrogens is 148 g/mol. The fraction of sp³-hybridized carbons (Fsp3) is 0.300. The topological polar surface area (TPSA) is 49.9 Å². The summed E-state index contributed by atoms with van der Waals surface area (Å²) < 4.78 is 0. The van der Waals surface area contributed by atoms with E-state index in [1.165, 1.54) is 5.56 Å². The van der Waals surface area contributed by atoms with Crippen LogP contribution >= 0.6 is 0 Å². The Morgan fingerprint density at radius 1 is 1.25 bits per heavy atom. The lowest BCUT2D eigenvalue weighted by molar-refractivity contribution is 0.857. The van der Waals surface area contributed by atoms with Gasteiger partial charge in [0.05, 0.1) is 5.84 Å². The van der Waals surface area contributed by atoms with Crippen LogP contribution in [0.15, 0.2) is 30.3 Å². The van der Waals surface area contributed by atoms with Gasteiger partial charge < -0.3 is 5.73 Å². The average molecular weight is 162 g/mol. The first-order valence-electron chi connectivity index (χ1n) is 4.16. The maximum Gasteiger partial charge on any atom is 0.0905 e. The van der Waals surface area contributed by atoms with Gasteiger partial charge in [-0.1, -0.05) is 30.3 Å². The molecule has 1 aromatic carbocycles. The molecule has 0 atom stereocenters. The fourth-order valence-corrected chi connectivity index (χ4v) is 1.13. The van der Waals surface area contributed by atoms with Gasteiger partial charge in [0, 0.05) is 6.42 Å². The van der Waals surface area contributed by atoms with E-state index < -0.39 is 0 Å². The van der Waals surface area contributed by atoms with Crippen molar-refractivity contribution >= 4 is 5.84 Å². The minimum absolute atomic E-state index is 0.283. The second-order valence-corrected chi connectivity index (χ2v) is 2.86. The third-order valence-corrected chi connectivity index (χ3v) is 1.75. The van der Waals surface area contributed by atoms with E-state index in [1.807, 2.05) is 18.2 Å². The van der Waals surface area contributed by atoms with Gasteiger partial charge in [-0.15, -0.1) is 0 Å². The van der Waals surface area contributed by atoms with Crippen LogP contribution in [0.4, 0.5) is 0 Å². The highest BCUT2D eigenvalue weighted by Crippen LogP contribution is 2.03. The first-order valence-corrected chi connectivity index (χ1v) is 4.16. The number of rotatable bonds is 4. The van der Waals surface area contributed by atoms with Gasteiger partial charge in [0.25, 0.3) is 0 Å². The molecule has 0 amide bonds. The fourth-order valence-electron chi connectivity index (χ4n) is 1.13. The Balaban J connectivity index is 2.29. The normalized spacial score (nSPS) is 9.67. The van der Waals surface area contributed by atoms with E-state index in [2.05, 4.69) is 12.1 Å². The van der Waals surface area contributed by atoms with Gasteiger partial charge in [0.1, 0.15) is 0 Å². The largest absolute Gasteiger partial charge is 0.388 e. The second kappa shape index (κ2) is 4.54. The van der Waals surface area contributed by atoms with E-state index in [4.69, 9.17) is 11.1 Å². The summed E-state index contributed by atoms with van der Waals surface area (Å²) in [6.07, 6.45) is 2.69. The van der Waals surface area contributed by atoms with Crippen molar-refractivity contribution < 1.29 is 0 Å². The molecular formula is C10H14N2. The Labute approximate surface area is 72.9 Å². The summed E-state index contributed by atoms with van der Waals surface area (Å²) in [4.78, 5) is 0. The van der Waals surface area contributed by atoms with Gasteiger partial charge in [-0.25, -0.2) is 0 Å². The zero-order valence-electron chi connectivity index (χ0n) is 7.09. The molecule has 0 heterocycles. The van der Waals surface area contributed by atoms with E-state index in [0.29, 0.717) is 6.42 Å². The van der Waals surface area contributed by atoms with Crippen LogP contribution < -0.4 is 5.73 Å². The first-order chi connectivity index (χ1) is 5.79. The van der Waals surface area contributed by atoms with Crippen LogP contribution in [0.2, 0.25) is 0 Å². The van der Waals surface area contributed by atoms with Crippen molar-refractivity contribution in [3.8, 4) is 0 Å². The quantitative estimate of drug-likeness (QED) is 0.516. The van der Waals surface area contributed by atoms with Crippen LogP contribution in [0.5, 0.6) is 0 Å². The highest BCUT2D eigenvalue weighted by Gasteiger charge is 1.92. The molecule has 1 aromatic rings. The number of hydrogen-bond acceptors (Lipinski definition) is 1. The van der Waals surface area contributed by atoms with Crippen LogP contribution in [0, 0.1) is 5.41 Å². The predicted octanol–water partition coefficient (Wildman–Crippen LogP) is 1.95. The van der Waals surface area contributed by atoms with Gasteiger partial charge in [0.15, 0.2) is 0 Å². The summed E-state index contributed by atoms with van der Waals surface area (Å²) in [7, 11) is 0. The molecule has 0 bridgehead atoms. The number of amidine groups is 1. The zero-order chi connectivity index (χ0) is 8.81. The molecule has 0 spiro atoms. The Hall–Kier alpha value is -1.31. The molecule has 64 valence electrons. The maximum absolute atomic E-state index is 7.04. The molecule has 0 radical (unpaired) electrons. The molecule has 0 aliphatic heterocycles. The summed E-state index contributed by atoms with van der Waals surface area (Å²) in [5.74, 6) is 0.283. The Morgan fingerprint density at radius 3 is 2.50 bits per heavy atom. The molecule has 2 heteroatoms. The minimum atomic E-state index is 0.283. The molecule has 1 rings (SSSR count). The van der Waals surface area contributed by atoms with Crippen LogP contribution in [-0.2, 0) is 6.42 Å². The predicted molar refractivity (Wildman–Crippen MR) is 51.3 cm³/mol. The molecule has 0 aromatic heterocycles. The number of nitrogens with two attached hydrogens (primary N) is 1. The van der Waals surface area contributed by atoms with E-state index >= 15 is 0 Å². The van der Waals surface area contributed by atoms with Crippen molar-refractivity contribution in [2.24, 2.45) is 5.73 Å². The number of aryl methyl sites for hydroxylation is 1. The van der Waals surface area contributed by atoms with Crippen molar-refractivity contribution in [1.29, 1.82) is 5.41 Å². The number of hydrogen-bond donors (Lipinski definition) is 2. The van der Waals surface area contributed by atoms with Crippen LogP contribution in [0.25, 0.3) is 0 Å². The van der Waals surface area contributed by atoms with E-state index in [0.717, 1.165) is 12.8 Å². The molecule has 0 fully saturated rings. The standard InChI is InChI=1S/C10H14N2/c11-10(12)8-4-7-9-5-2-1-3-6-9/h1-3,5-6H,4,7-8H2,(H3,11,12). The van der Waals surface area contributed by atoms with Crippen molar-refractivity contribution in [2.45, 2.75) is 19.3 Å². The maximum atomic E-state index is 7.04. The van der Waals surface area contributed by atoms with Gasteiger partial charge in [-0.05, 0) is 18.4 Å². The highest BCUT2D eigenvalue weighted by atomic mass is 14.7. The lowest BCUT2D eigenvalue weighted by Gasteiger charge is -1.99. The van der Waals surface area contributed by atoms with Gasteiger partial charge in [0.2, 0.25) is 0 Å². The second-order valence-electron chi connectivity index (χ2n) is 2.86. The summed E-state index contributed by atoms with van der Waals surface area (Å²) in [6.45, 7) is 0. The zero-order valence-corrected chi connectivity index (χ0v) is 7.09. The molecule has 0 unspecified atom stereocenters. The lowest BCUT2D eigenvalue weighted by atomic mass is 10.1. The smallest absolute Gasteiger partial charge is 0.0905 e. The molecule has 0 saturated carbocycles. The van der Waals surface area contributed by atoms with Gasteiger partial charge >= 0.3 is 0 Å². The van der Waals surface area contributed by atoms with Crippen LogP contribution in [0.3, 0.4) is 0 Å². The lowest BCUT2D eigenvalue weighted by Crippen LogP contribution is -2.08. The number of nitrogens with one attached hydrogen (secondary N) is 1. The van der Waals surface area contributed by atoms with Gasteiger partial charge in [-0.2, -0.15) is 0 Å². The minimum Gasteiger partial charge on any atom is -0.388 e. The monoisotopic (exact) mass is 162 g/mol. The highest BCUT2D eigenvalue weighted by molar-refractivity contribution is 5.76. The van der Waals surface area contributed by atoms with Crippen LogP contribution in [0.1, 0.15) is 18.4 Å². The van der Waals surface area contributed by atoms with Crippen LogP contribution in [-0.4, -0.2) is 5.84 Å². The molecule has 0 aliphatic carbocycles. The third-order valence-electron chi connectivity index (χ3n) is 1.75. The summed E-state index contributed by atoms with van der Waals surface area (Å²) in [6, 6.07) is 10.3. The Bertz CT molecular complexity index is 241. The first kappa shape index (κ1) is 8.78. The molecule has 12 heavy (non-hydrogen) atoms. The molecule has 0 saturated heterocycles. The SMILES string of the molecule is N=C(N)CCCc1ccccc1. The molecule has 2 nitrogen and oxygen atoms in total. The Kier molecular flexibility index (Phi) is 3.33. The number of benzene rings is 1. The molecule has 3 N–H and O–H groups in total. The summed E-state index contributed by atoms with van der Waals surface area (Å²) >= 11 is 0. The third kappa shape index (κ3) is 3.19. The average Bonchev–Trinajstić information content (AvgIpc) is 2.05. The van der Waals surface area contributed by atoms with Crippen molar-refractivity contribution in [2.75, 3.05) is 0 Å². The Morgan fingerprint density at radius 2 is 1.92 bits per heavy atom. The van der Waals surface area contributed by atoms with Crippen molar-refractivity contribution in [1.82, 2.24) is 0 Å². The molecule has 0 aliphatic rings. The van der Waals surface area contributed by atoms with E-state index in [1.54, 1.807) is 0 Å².